The summed E-state index contributed by atoms with van der Waals surface area (Å²) in [6.45, 7) is 0.431. The van der Waals surface area contributed by atoms with Crippen LogP contribution >= 0.6 is 0 Å². The van der Waals surface area contributed by atoms with E-state index >= 15 is 0 Å². The van der Waals surface area contributed by atoms with Crippen LogP contribution in [0.1, 0.15) is 12.8 Å². The van der Waals surface area contributed by atoms with Gasteiger partial charge in [-0.15, -0.1) is 0 Å². The maximum absolute atomic E-state index is 10.8. The quantitative estimate of drug-likeness (QED) is 0.779. The first-order valence-electron chi connectivity index (χ1n) is 6.21. The third kappa shape index (κ3) is 3.47. The smallest absolute Gasteiger partial charge is 0.332 e. The first kappa shape index (κ1) is 14.3. The fourth-order valence-corrected chi connectivity index (χ4v) is 1.93. The number of carboxylic acids is 1. The lowest BCUT2D eigenvalue weighted by Crippen LogP contribution is -2.25. The molecule has 0 bridgehead atoms. The number of carboxylic acid groups (broad SMARTS) is 1. The minimum Gasteiger partial charge on any atom is -0.481 e. The Morgan fingerprint density at radius 1 is 1.40 bits per heavy atom. The highest BCUT2D eigenvalue weighted by Gasteiger charge is 2.30. The van der Waals surface area contributed by atoms with Crippen molar-refractivity contribution in [1.82, 2.24) is 9.97 Å². The van der Waals surface area contributed by atoms with E-state index in [1.54, 1.807) is 6.07 Å². The zero-order chi connectivity index (χ0) is 14.5. The summed E-state index contributed by atoms with van der Waals surface area (Å²) in [7, 11) is 3.01. The Hall–Kier alpha value is -2.09. The van der Waals surface area contributed by atoms with Gasteiger partial charge in [-0.2, -0.15) is 9.97 Å². The minimum absolute atomic E-state index is 0.170. The third-order valence-corrected chi connectivity index (χ3v) is 2.97. The van der Waals surface area contributed by atoms with Gasteiger partial charge in [-0.1, -0.05) is 0 Å². The van der Waals surface area contributed by atoms with Gasteiger partial charge in [0.1, 0.15) is 0 Å². The summed E-state index contributed by atoms with van der Waals surface area (Å²) in [5.74, 6) is 0.195. The SMILES string of the molecule is COc1cc(OC)nc(NCC2CCC(C(=O)O)O2)n1. The highest BCUT2D eigenvalue weighted by Crippen LogP contribution is 2.21. The summed E-state index contributed by atoms with van der Waals surface area (Å²) in [5, 5.41) is 11.8. The Kier molecular flexibility index (Phi) is 4.57. The molecule has 0 amide bonds. The summed E-state index contributed by atoms with van der Waals surface area (Å²) >= 11 is 0. The molecule has 1 aromatic heterocycles. The molecule has 110 valence electrons. The largest absolute Gasteiger partial charge is 0.481 e. The zero-order valence-corrected chi connectivity index (χ0v) is 11.3. The summed E-state index contributed by atoms with van der Waals surface area (Å²) in [6.07, 6.45) is 0.314. The molecule has 2 heterocycles. The van der Waals surface area contributed by atoms with Crippen molar-refractivity contribution in [2.24, 2.45) is 0 Å². The van der Waals surface area contributed by atoms with Gasteiger partial charge in [0, 0.05) is 6.54 Å². The van der Waals surface area contributed by atoms with Gasteiger partial charge in [0.05, 0.1) is 26.4 Å². The summed E-state index contributed by atoms with van der Waals surface area (Å²) in [5.41, 5.74) is 0. The van der Waals surface area contributed by atoms with Gasteiger partial charge in [0.15, 0.2) is 6.10 Å². The number of ether oxygens (including phenoxy) is 3. The Morgan fingerprint density at radius 2 is 2.05 bits per heavy atom. The molecule has 2 rings (SSSR count). The van der Waals surface area contributed by atoms with E-state index in [1.165, 1.54) is 14.2 Å². The second kappa shape index (κ2) is 6.38. The van der Waals surface area contributed by atoms with E-state index in [4.69, 9.17) is 19.3 Å². The van der Waals surface area contributed by atoms with Crippen molar-refractivity contribution in [3.8, 4) is 11.8 Å². The fraction of sp³-hybridized carbons (Fsp3) is 0.583. The van der Waals surface area contributed by atoms with Crippen molar-refractivity contribution in [2.45, 2.75) is 25.0 Å². The van der Waals surface area contributed by atoms with Gasteiger partial charge in [-0.05, 0) is 12.8 Å². The maximum atomic E-state index is 10.8. The Morgan fingerprint density at radius 3 is 2.55 bits per heavy atom. The van der Waals surface area contributed by atoms with Crippen molar-refractivity contribution >= 4 is 11.9 Å². The summed E-state index contributed by atoms with van der Waals surface area (Å²) in [6, 6.07) is 1.57. The van der Waals surface area contributed by atoms with E-state index in [0.717, 1.165) is 0 Å². The molecular formula is C12H17N3O5. The number of aliphatic carboxylic acids is 1. The van der Waals surface area contributed by atoms with Crippen LogP contribution in [-0.2, 0) is 9.53 Å². The number of nitrogens with zero attached hydrogens (tertiary/aromatic N) is 2. The van der Waals surface area contributed by atoms with Crippen LogP contribution in [0, 0.1) is 0 Å². The van der Waals surface area contributed by atoms with Crippen LogP contribution in [0.25, 0.3) is 0 Å². The van der Waals surface area contributed by atoms with Crippen molar-refractivity contribution in [2.75, 3.05) is 26.1 Å². The van der Waals surface area contributed by atoms with Gasteiger partial charge >= 0.3 is 5.97 Å². The van der Waals surface area contributed by atoms with Crippen molar-refractivity contribution in [1.29, 1.82) is 0 Å². The lowest BCUT2D eigenvalue weighted by molar-refractivity contribution is -0.149. The molecule has 0 spiro atoms. The molecule has 20 heavy (non-hydrogen) atoms. The van der Waals surface area contributed by atoms with Gasteiger partial charge in [-0.25, -0.2) is 4.79 Å². The van der Waals surface area contributed by atoms with Crippen molar-refractivity contribution in [3.05, 3.63) is 6.07 Å². The molecule has 1 aliphatic heterocycles. The van der Waals surface area contributed by atoms with Crippen LogP contribution in [0.15, 0.2) is 6.07 Å². The molecule has 0 aromatic carbocycles. The average Bonchev–Trinajstić information content (AvgIpc) is 2.93. The number of rotatable bonds is 6. The molecule has 1 saturated heterocycles. The predicted octanol–water partition coefficient (Wildman–Crippen LogP) is 0.538. The first-order valence-corrected chi connectivity index (χ1v) is 6.21. The number of anilines is 1. The molecule has 1 fully saturated rings. The molecular weight excluding hydrogens is 266 g/mol. The number of hydrogen-bond acceptors (Lipinski definition) is 7. The Labute approximate surface area is 116 Å². The zero-order valence-electron chi connectivity index (χ0n) is 11.3. The molecule has 2 N–H and O–H groups in total. The Bertz CT molecular complexity index is 460. The second-order valence-corrected chi connectivity index (χ2v) is 4.32. The third-order valence-electron chi connectivity index (χ3n) is 2.97. The average molecular weight is 283 g/mol. The number of nitrogens with one attached hydrogen (secondary N) is 1. The fourth-order valence-electron chi connectivity index (χ4n) is 1.93. The second-order valence-electron chi connectivity index (χ2n) is 4.32. The van der Waals surface area contributed by atoms with Gasteiger partial charge in [0.2, 0.25) is 17.7 Å². The maximum Gasteiger partial charge on any atom is 0.332 e. The number of methoxy groups -OCH3 is 2. The predicted molar refractivity (Wildman–Crippen MR) is 69.2 cm³/mol. The Balaban J connectivity index is 1.92. The monoisotopic (exact) mass is 283 g/mol. The minimum atomic E-state index is -0.924. The van der Waals surface area contributed by atoms with Gasteiger partial charge in [0.25, 0.3) is 0 Å². The summed E-state index contributed by atoms with van der Waals surface area (Å²) < 4.78 is 15.5. The highest BCUT2D eigenvalue weighted by molar-refractivity contribution is 5.72. The number of hydrogen-bond donors (Lipinski definition) is 2. The van der Waals surface area contributed by atoms with Gasteiger partial charge in [-0.3, -0.25) is 0 Å². The molecule has 8 heteroatoms. The van der Waals surface area contributed by atoms with Crippen LogP contribution < -0.4 is 14.8 Å². The standard InChI is InChI=1S/C12H17N3O5/c1-18-9-5-10(19-2)15-12(14-9)13-6-7-3-4-8(20-7)11(16)17/h5,7-8H,3-4,6H2,1-2H3,(H,16,17)(H,13,14,15). The normalized spacial score (nSPS) is 21.5. The molecule has 2 atom stereocenters. The number of carbonyl (C=O) groups is 1. The lowest BCUT2D eigenvalue weighted by Gasteiger charge is -2.13. The molecule has 2 unspecified atom stereocenters. The van der Waals surface area contributed by atoms with E-state index in [-0.39, 0.29) is 6.10 Å². The lowest BCUT2D eigenvalue weighted by atomic mass is 10.2. The molecule has 0 aliphatic carbocycles. The van der Waals surface area contributed by atoms with E-state index in [1.807, 2.05) is 0 Å². The van der Waals surface area contributed by atoms with E-state index in [2.05, 4.69) is 15.3 Å². The van der Waals surface area contributed by atoms with Crippen LogP contribution in [0.3, 0.4) is 0 Å². The van der Waals surface area contributed by atoms with E-state index < -0.39 is 12.1 Å². The van der Waals surface area contributed by atoms with Crippen LogP contribution in [0.2, 0.25) is 0 Å². The van der Waals surface area contributed by atoms with Crippen molar-refractivity contribution < 1.29 is 24.1 Å². The molecule has 0 radical (unpaired) electrons. The number of aromatic nitrogens is 2. The van der Waals surface area contributed by atoms with Crippen LogP contribution in [0.4, 0.5) is 5.95 Å². The van der Waals surface area contributed by atoms with Gasteiger partial charge < -0.3 is 24.6 Å². The van der Waals surface area contributed by atoms with E-state index in [0.29, 0.717) is 37.1 Å². The van der Waals surface area contributed by atoms with Crippen LogP contribution in [-0.4, -0.2) is 54.0 Å². The van der Waals surface area contributed by atoms with Crippen LogP contribution in [0.5, 0.6) is 11.8 Å². The van der Waals surface area contributed by atoms with Crippen molar-refractivity contribution in [3.63, 3.8) is 0 Å². The molecule has 8 nitrogen and oxygen atoms in total. The first-order chi connectivity index (χ1) is 9.62. The molecule has 0 saturated carbocycles. The van der Waals surface area contributed by atoms with E-state index in [9.17, 15) is 4.79 Å². The molecule has 1 aromatic rings. The molecule has 1 aliphatic rings. The topological polar surface area (TPSA) is 103 Å². The highest BCUT2D eigenvalue weighted by atomic mass is 16.5. The summed E-state index contributed by atoms with van der Waals surface area (Å²) in [4.78, 5) is 19.0.